The molecule has 0 bridgehead atoms. The third-order valence-electron chi connectivity index (χ3n) is 4.66. The number of benzene rings is 2. The Labute approximate surface area is 162 Å². The lowest BCUT2D eigenvalue weighted by Crippen LogP contribution is -2.54. The van der Waals surface area contributed by atoms with Gasteiger partial charge in [0, 0.05) is 12.0 Å². The molecule has 7 heteroatoms. The van der Waals surface area contributed by atoms with Gasteiger partial charge in [0.15, 0.2) is 11.4 Å². The number of cyclic esters (lactones) is 1. The van der Waals surface area contributed by atoms with Crippen molar-refractivity contribution in [3.63, 3.8) is 0 Å². The van der Waals surface area contributed by atoms with E-state index in [9.17, 15) is 14.4 Å². The lowest BCUT2D eigenvalue weighted by molar-refractivity contribution is -0.176. The van der Waals surface area contributed by atoms with Crippen LogP contribution in [0.5, 0.6) is 5.75 Å². The van der Waals surface area contributed by atoms with Gasteiger partial charge in [-0.2, -0.15) is 0 Å². The maximum atomic E-state index is 12.7. The predicted molar refractivity (Wildman–Crippen MR) is 99.6 cm³/mol. The molecule has 2 aromatic carbocycles. The lowest BCUT2D eigenvalue weighted by Gasteiger charge is -2.35. The monoisotopic (exact) mass is 383 g/mol. The minimum Gasteiger partial charge on any atom is -0.497 e. The molecule has 0 unspecified atom stereocenters. The summed E-state index contributed by atoms with van der Waals surface area (Å²) in [6.45, 7) is 1.60. The Morgan fingerprint density at radius 2 is 1.82 bits per heavy atom. The van der Waals surface area contributed by atoms with E-state index in [0.29, 0.717) is 11.3 Å². The van der Waals surface area contributed by atoms with E-state index in [1.165, 1.54) is 7.11 Å². The van der Waals surface area contributed by atoms with Gasteiger partial charge in [-0.15, -0.1) is 0 Å². The van der Waals surface area contributed by atoms with Crippen LogP contribution in [0.15, 0.2) is 54.6 Å². The van der Waals surface area contributed by atoms with Crippen molar-refractivity contribution in [3.8, 4) is 5.75 Å². The van der Waals surface area contributed by atoms with Crippen LogP contribution in [0.2, 0.25) is 0 Å². The third-order valence-corrected chi connectivity index (χ3v) is 4.66. The number of hydrogen-bond acceptors (Lipinski definition) is 6. The van der Waals surface area contributed by atoms with Crippen LogP contribution in [0.4, 0.5) is 4.79 Å². The quantitative estimate of drug-likeness (QED) is 0.799. The van der Waals surface area contributed by atoms with Gasteiger partial charge in [-0.05, 0) is 24.6 Å². The molecule has 3 rings (SSSR count). The van der Waals surface area contributed by atoms with Gasteiger partial charge in [-0.25, -0.2) is 9.59 Å². The first-order valence-corrected chi connectivity index (χ1v) is 8.80. The number of Topliss-reactive ketones (excluding diaryl/α,β-unsaturated/α-hetero) is 1. The molecule has 2 aromatic rings. The second-order valence-electron chi connectivity index (χ2n) is 6.57. The van der Waals surface area contributed by atoms with Gasteiger partial charge in [0.1, 0.15) is 18.4 Å². The molecule has 1 amide bonds. The molecule has 0 radical (unpaired) electrons. The topological polar surface area (TPSA) is 90.9 Å². The fraction of sp³-hybridized carbons (Fsp3) is 0.286. The summed E-state index contributed by atoms with van der Waals surface area (Å²) in [6, 6.07) is 14.8. The number of alkyl carbamates (subject to hydrolysis) is 1. The lowest BCUT2D eigenvalue weighted by atomic mass is 9.85. The van der Waals surface area contributed by atoms with Crippen molar-refractivity contribution < 1.29 is 28.6 Å². The number of amides is 1. The zero-order valence-corrected chi connectivity index (χ0v) is 15.6. The van der Waals surface area contributed by atoms with Crippen LogP contribution < -0.4 is 10.1 Å². The first-order valence-electron chi connectivity index (χ1n) is 8.80. The van der Waals surface area contributed by atoms with Crippen LogP contribution >= 0.6 is 0 Å². The molecular formula is C21H21NO6. The van der Waals surface area contributed by atoms with Crippen molar-refractivity contribution in [1.82, 2.24) is 5.32 Å². The Bertz CT molecular complexity index is 864. The highest BCUT2D eigenvalue weighted by Crippen LogP contribution is 2.33. The number of ketones is 1. The zero-order valence-electron chi connectivity index (χ0n) is 15.6. The van der Waals surface area contributed by atoms with Crippen LogP contribution in [0.1, 0.15) is 24.5 Å². The molecule has 1 saturated heterocycles. The summed E-state index contributed by atoms with van der Waals surface area (Å²) in [7, 11) is 1.54. The van der Waals surface area contributed by atoms with E-state index in [0.717, 1.165) is 5.56 Å². The number of esters is 1. The van der Waals surface area contributed by atoms with Crippen molar-refractivity contribution >= 4 is 17.8 Å². The maximum Gasteiger partial charge on any atom is 0.408 e. The van der Waals surface area contributed by atoms with Gasteiger partial charge in [0.2, 0.25) is 0 Å². The summed E-state index contributed by atoms with van der Waals surface area (Å²) in [5.41, 5.74) is -0.0565. The number of hydrogen-bond donors (Lipinski definition) is 1. The van der Waals surface area contributed by atoms with Crippen LogP contribution in [0, 0.1) is 0 Å². The van der Waals surface area contributed by atoms with Crippen molar-refractivity contribution in [2.75, 3.05) is 7.11 Å². The minimum atomic E-state index is -1.41. The largest absolute Gasteiger partial charge is 0.497 e. The molecule has 0 spiro atoms. The number of nitrogens with one attached hydrogen (secondary N) is 1. The van der Waals surface area contributed by atoms with E-state index in [1.807, 2.05) is 30.3 Å². The fourth-order valence-corrected chi connectivity index (χ4v) is 2.94. The van der Waals surface area contributed by atoms with Crippen molar-refractivity contribution in [3.05, 3.63) is 65.7 Å². The molecule has 0 aliphatic carbocycles. The standard InChI is InChI=1S/C21H21NO6/c1-21(15-8-10-16(26-2)11-9-15)18(23)12-17(19(24)28-21)22-20(25)27-13-14-6-4-3-5-7-14/h3-11,17H,12-13H2,1-2H3,(H,22,25)/t17-,21+/m0/s1. The van der Waals surface area contributed by atoms with Crippen LogP contribution in [0.25, 0.3) is 0 Å². The molecular weight excluding hydrogens is 362 g/mol. The van der Waals surface area contributed by atoms with E-state index >= 15 is 0 Å². The Morgan fingerprint density at radius 3 is 2.46 bits per heavy atom. The summed E-state index contributed by atoms with van der Waals surface area (Å²) in [5, 5.41) is 2.40. The average Bonchev–Trinajstić information content (AvgIpc) is 2.71. The Balaban J connectivity index is 1.61. The summed E-state index contributed by atoms with van der Waals surface area (Å²) >= 11 is 0. The Hall–Kier alpha value is -3.35. The predicted octanol–water partition coefficient (Wildman–Crippen LogP) is 2.72. The van der Waals surface area contributed by atoms with Crippen LogP contribution in [0.3, 0.4) is 0 Å². The SMILES string of the molecule is COc1ccc([C@@]2(C)OC(=O)[C@@H](NC(=O)OCc3ccccc3)CC2=O)cc1. The fourth-order valence-electron chi connectivity index (χ4n) is 2.94. The van der Waals surface area contributed by atoms with E-state index in [2.05, 4.69) is 5.32 Å². The minimum absolute atomic E-state index is 0.0615. The third kappa shape index (κ3) is 4.14. The van der Waals surface area contributed by atoms with Gasteiger partial charge in [0.25, 0.3) is 0 Å². The number of ether oxygens (including phenoxy) is 3. The van der Waals surface area contributed by atoms with Gasteiger partial charge >= 0.3 is 12.1 Å². The molecule has 7 nitrogen and oxygen atoms in total. The Morgan fingerprint density at radius 1 is 1.14 bits per heavy atom. The summed E-state index contributed by atoms with van der Waals surface area (Å²) < 4.78 is 15.6. The van der Waals surface area contributed by atoms with Crippen LogP contribution in [-0.4, -0.2) is 31.0 Å². The van der Waals surface area contributed by atoms with Gasteiger partial charge in [-0.3, -0.25) is 4.79 Å². The molecule has 1 N–H and O–H groups in total. The molecule has 28 heavy (non-hydrogen) atoms. The second kappa shape index (κ2) is 8.12. The van der Waals surface area contributed by atoms with Gasteiger partial charge < -0.3 is 19.5 Å². The highest BCUT2D eigenvalue weighted by molar-refractivity contribution is 5.99. The van der Waals surface area contributed by atoms with Crippen molar-refractivity contribution in [1.29, 1.82) is 0 Å². The number of carbonyl (C=O) groups excluding carboxylic acids is 3. The smallest absolute Gasteiger partial charge is 0.408 e. The highest BCUT2D eigenvalue weighted by atomic mass is 16.6. The molecule has 2 atom stereocenters. The number of rotatable bonds is 5. The van der Waals surface area contributed by atoms with Gasteiger partial charge in [-0.1, -0.05) is 42.5 Å². The first-order chi connectivity index (χ1) is 13.4. The maximum absolute atomic E-state index is 12.7. The van der Waals surface area contributed by atoms with Crippen molar-refractivity contribution in [2.24, 2.45) is 0 Å². The van der Waals surface area contributed by atoms with E-state index in [1.54, 1.807) is 31.2 Å². The van der Waals surface area contributed by atoms with Gasteiger partial charge in [0.05, 0.1) is 7.11 Å². The molecule has 1 fully saturated rings. The highest BCUT2D eigenvalue weighted by Gasteiger charge is 2.47. The number of methoxy groups -OCH3 is 1. The molecule has 0 saturated carbocycles. The van der Waals surface area contributed by atoms with Crippen LogP contribution in [-0.2, 0) is 31.3 Å². The molecule has 146 valence electrons. The molecule has 1 heterocycles. The molecule has 1 aliphatic rings. The molecule has 1 aliphatic heterocycles. The normalized spacial score (nSPS) is 21.6. The molecule has 0 aromatic heterocycles. The second-order valence-corrected chi connectivity index (χ2v) is 6.57. The summed E-state index contributed by atoms with van der Waals surface area (Å²) in [6.07, 6.45) is -0.964. The first kappa shape index (κ1) is 19.4. The Kier molecular flexibility index (Phi) is 5.63. The van der Waals surface area contributed by atoms with E-state index in [4.69, 9.17) is 14.2 Å². The average molecular weight is 383 g/mol. The van der Waals surface area contributed by atoms with E-state index in [-0.39, 0.29) is 18.8 Å². The zero-order chi connectivity index (χ0) is 20.1. The summed E-state index contributed by atoms with van der Waals surface area (Å²) in [5.74, 6) is -0.372. The van der Waals surface area contributed by atoms with Crippen molar-refractivity contribution in [2.45, 2.75) is 31.6 Å². The number of carbonyl (C=O) groups is 3. The summed E-state index contributed by atoms with van der Waals surface area (Å²) in [4.78, 5) is 37.1. The van der Waals surface area contributed by atoms with E-state index < -0.39 is 23.7 Å².